The molecular formula is C13H15BrClNO4S. The van der Waals surface area contributed by atoms with Gasteiger partial charge in [-0.3, -0.25) is 0 Å². The number of hydrogen-bond acceptors (Lipinski definition) is 4. The van der Waals surface area contributed by atoms with Gasteiger partial charge in [0.25, 0.3) is 0 Å². The first-order valence-corrected chi connectivity index (χ1v) is 9.19. The first-order valence-electron chi connectivity index (χ1n) is 6.48. The van der Waals surface area contributed by atoms with Gasteiger partial charge in [-0.15, -0.1) is 0 Å². The molecule has 0 saturated heterocycles. The number of primary sulfonamides is 1. The summed E-state index contributed by atoms with van der Waals surface area (Å²) in [7, 11) is -4.01. The van der Waals surface area contributed by atoms with Gasteiger partial charge in [-0.05, 0) is 30.9 Å². The summed E-state index contributed by atoms with van der Waals surface area (Å²) in [6.45, 7) is 0.326. The molecule has 0 amide bonds. The Kier molecular flexibility index (Phi) is 5.29. The number of esters is 1. The van der Waals surface area contributed by atoms with Gasteiger partial charge in [0.05, 0.1) is 17.2 Å². The first kappa shape index (κ1) is 16.7. The lowest BCUT2D eigenvalue weighted by Crippen LogP contribution is -2.16. The van der Waals surface area contributed by atoms with Crippen molar-refractivity contribution in [3.63, 3.8) is 0 Å². The van der Waals surface area contributed by atoms with Crippen LogP contribution in [-0.2, 0) is 14.8 Å². The summed E-state index contributed by atoms with van der Waals surface area (Å²) >= 11 is 9.11. The molecule has 2 N–H and O–H groups in total. The predicted molar refractivity (Wildman–Crippen MR) is 82.8 cm³/mol. The minimum Gasteiger partial charge on any atom is -0.462 e. The average Bonchev–Trinajstić information content (AvgIpc) is 2.90. The molecule has 1 saturated carbocycles. The van der Waals surface area contributed by atoms with Crippen LogP contribution in [0.15, 0.2) is 21.5 Å². The van der Waals surface area contributed by atoms with Crippen molar-refractivity contribution in [1.29, 1.82) is 0 Å². The maximum atomic E-state index is 12.1. The summed E-state index contributed by atoms with van der Waals surface area (Å²) in [5.41, 5.74) is -0.00642. The molecule has 0 aliphatic heterocycles. The van der Waals surface area contributed by atoms with Crippen molar-refractivity contribution in [2.75, 3.05) is 6.61 Å². The van der Waals surface area contributed by atoms with E-state index in [2.05, 4.69) is 15.9 Å². The highest BCUT2D eigenvalue weighted by Gasteiger charge is 2.23. The number of rotatable bonds is 4. The predicted octanol–water partition coefficient (Wildman–Crippen LogP) is 3.10. The van der Waals surface area contributed by atoms with E-state index in [1.54, 1.807) is 0 Å². The number of nitrogens with two attached hydrogens (primary N) is 1. The van der Waals surface area contributed by atoms with E-state index in [0.29, 0.717) is 17.0 Å². The van der Waals surface area contributed by atoms with E-state index in [1.807, 2.05) is 0 Å². The van der Waals surface area contributed by atoms with Gasteiger partial charge < -0.3 is 4.74 Å². The summed E-state index contributed by atoms with van der Waals surface area (Å²) in [5, 5.41) is 4.87. The molecule has 0 atom stereocenters. The lowest BCUT2D eigenvalue weighted by molar-refractivity contribution is 0.0442. The van der Waals surface area contributed by atoms with Gasteiger partial charge in [0.1, 0.15) is 4.90 Å². The van der Waals surface area contributed by atoms with Gasteiger partial charge in [-0.1, -0.05) is 40.4 Å². The summed E-state index contributed by atoms with van der Waals surface area (Å²) in [6, 6.07) is 2.68. The van der Waals surface area contributed by atoms with Gasteiger partial charge in [0.2, 0.25) is 10.0 Å². The minimum atomic E-state index is -4.01. The zero-order chi connectivity index (χ0) is 15.6. The Hall–Kier alpha value is -0.630. The molecule has 0 bridgehead atoms. The lowest BCUT2D eigenvalue weighted by atomic mass is 10.1. The molecule has 1 aliphatic carbocycles. The fraction of sp³-hybridized carbons (Fsp3) is 0.462. The molecule has 0 spiro atoms. The number of benzene rings is 1. The topological polar surface area (TPSA) is 86.5 Å². The normalized spacial score (nSPS) is 16.1. The highest BCUT2D eigenvalue weighted by Crippen LogP contribution is 2.30. The Morgan fingerprint density at radius 1 is 1.38 bits per heavy atom. The van der Waals surface area contributed by atoms with E-state index in [9.17, 15) is 13.2 Å². The van der Waals surface area contributed by atoms with Crippen LogP contribution in [0.1, 0.15) is 36.0 Å². The standard InChI is InChI=1S/C13H15BrClNO4S/c14-9-5-10(12(15)11(6-9)21(16,18)19)13(17)20-7-8-3-1-2-4-8/h5-6,8H,1-4,7H2,(H2,16,18,19). The summed E-state index contributed by atoms with van der Waals surface area (Å²) in [5.74, 6) is -0.268. The molecule has 1 fully saturated rings. The minimum absolute atomic E-state index is 0.00642. The van der Waals surface area contributed by atoms with Gasteiger partial charge in [0, 0.05) is 4.47 Å². The van der Waals surface area contributed by atoms with E-state index >= 15 is 0 Å². The van der Waals surface area contributed by atoms with E-state index in [1.165, 1.54) is 12.1 Å². The van der Waals surface area contributed by atoms with E-state index in [0.717, 1.165) is 25.7 Å². The molecule has 0 heterocycles. The van der Waals surface area contributed by atoms with Crippen LogP contribution >= 0.6 is 27.5 Å². The Morgan fingerprint density at radius 3 is 2.57 bits per heavy atom. The molecular weight excluding hydrogens is 382 g/mol. The van der Waals surface area contributed by atoms with Crippen molar-refractivity contribution in [3.05, 3.63) is 27.2 Å². The number of hydrogen-bond donors (Lipinski definition) is 1. The number of carbonyl (C=O) groups excluding carboxylic acids is 1. The lowest BCUT2D eigenvalue weighted by Gasteiger charge is -2.12. The van der Waals surface area contributed by atoms with Crippen LogP contribution in [-0.4, -0.2) is 21.0 Å². The molecule has 5 nitrogen and oxygen atoms in total. The molecule has 0 unspecified atom stereocenters. The van der Waals surface area contributed by atoms with E-state index in [4.69, 9.17) is 21.5 Å². The highest BCUT2D eigenvalue weighted by atomic mass is 79.9. The smallest absolute Gasteiger partial charge is 0.339 e. The van der Waals surface area contributed by atoms with Crippen molar-refractivity contribution >= 4 is 43.5 Å². The van der Waals surface area contributed by atoms with Gasteiger partial charge in [-0.25, -0.2) is 18.4 Å². The van der Waals surface area contributed by atoms with Crippen LogP contribution in [0.4, 0.5) is 0 Å². The van der Waals surface area contributed by atoms with Gasteiger partial charge >= 0.3 is 5.97 Å². The molecule has 0 aromatic heterocycles. The fourth-order valence-electron chi connectivity index (χ4n) is 2.37. The van der Waals surface area contributed by atoms with Crippen LogP contribution in [0, 0.1) is 5.92 Å². The molecule has 116 valence electrons. The Morgan fingerprint density at radius 2 is 2.00 bits per heavy atom. The third-order valence-corrected chi connectivity index (χ3v) is 5.37. The Balaban J connectivity index is 2.22. The summed E-state index contributed by atoms with van der Waals surface area (Å²) in [4.78, 5) is 11.8. The SMILES string of the molecule is NS(=O)(=O)c1cc(Br)cc(C(=O)OCC2CCCC2)c1Cl. The van der Waals surface area contributed by atoms with Crippen molar-refractivity contribution in [3.8, 4) is 0 Å². The molecule has 1 aliphatic rings. The van der Waals surface area contributed by atoms with Crippen LogP contribution in [0.2, 0.25) is 5.02 Å². The van der Waals surface area contributed by atoms with Gasteiger partial charge in [0.15, 0.2) is 0 Å². The third-order valence-electron chi connectivity index (χ3n) is 3.46. The number of ether oxygens (including phenoxy) is 1. The van der Waals surface area contributed by atoms with Crippen molar-refractivity contribution in [1.82, 2.24) is 0 Å². The third kappa shape index (κ3) is 4.18. The van der Waals surface area contributed by atoms with Crippen LogP contribution < -0.4 is 5.14 Å². The first-order chi connectivity index (χ1) is 9.79. The van der Waals surface area contributed by atoms with Crippen molar-refractivity contribution < 1.29 is 17.9 Å². The fourth-order valence-corrected chi connectivity index (χ4v) is 4.14. The largest absolute Gasteiger partial charge is 0.462 e. The molecule has 8 heteroatoms. The number of sulfonamides is 1. The zero-order valence-corrected chi connectivity index (χ0v) is 14.3. The second-order valence-corrected chi connectivity index (χ2v) is 7.88. The van der Waals surface area contributed by atoms with Crippen molar-refractivity contribution in [2.24, 2.45) is 11.1 Å². The quantitative estimate of drug-likeness (QED) is 0.792. The molecule has 1 aromatic carbocycles. The van der Waals surface area contributed by atoms with Crippen molar-refractivity contribution in [2.45, 2.75) is 30.6 Å². The van der Waals surface area contributed by atoms with E-state index < -0.39 is 16.0 Å². The molecule has 0 radical (unpaired) electrons. The average molecular weight is 397 g/mol. The molecule has 1 aromatic rings. The van der Waals surface area contributed by atoms with E-state index in [-0.39, 0.29) is 15.5 Å². The number of carbonyl (C=O) groups is 1. The molecule has 2 rings (SSSR count). The Bertz CT molecular complexity index is 656. The van der Waals surface area contributed by atoms with Crippen LogP contribution in [0.5, 0.6) is 0 Å². The monoisotopic (exact) mass is 395 g/mol. The van der Waals surface area contributed by atoms with Gasteiger partial charge in [-0.2, -0.15) is 0 Å². The second-order valence-electron chi connectivity index (χ2n) is 5.06. The maximum absolute atomic E-state index is 12.1. The number of halogens is 2. The maximum Gasteiger partial charge on any atom is 0.339 e. The summed E-state index contributed by atoms with van der Waals surface area (Å²) < 4.78 is 28.6. The zero-order valence-electron chi connectivity index (χ0n) is 11.1. The Labute approximate surface area is 137 Å². The molecule has 21 heavy (non-hydrogen) atoms. The summed E-state index contributed by atoms with van der Waals surface area (Å²) in [6.07, 6.45) is 4.38. The van der Waals surface area contributed by atoms with Crippen LogP contribution in [0.25, 0.3) is 0 Å². The second kappa shape index (κ2) is 6.64. The highest BCUT2D eigenvalue weighted by molar-refractivity contribution is 9.10. The van der Waals surface area contributed by atoms with Crippen LogP contribution in [0.3, 0.4) is 0 Å².